The third-order valence-electron chi connectivity index (χ3n) is 3.91. The van der Waals surface area contributed by atoms with Crippen LogP contribution >= 0.6 is 0 Å². The van der Waals surface area contributed by atoms with Gasteiger partial charge < -0.3 is 15.0 Å². The molecule has 0 unspecified atom stereocenters. The van der Waals surface area contributed by atoms with E-state index >= 15 is 0 Å². The Morgan fingerprint density at radius 3 is 2.53 bits per heavy atom. The van der Waals surface area contributed by atoms with Crippen molar-refractivity contribution in [2.75, 3.05) is 26.2 Å². The first-order valence-corrected chi connectivity index (χ1v) is 7.04. The molecule has 0 aromatic heterocycles. The Labute approximate surface area is 114 Å². The number of hydrogen-bond donors (Lipinski definition) is 1. The fourth-order valence-electron chi connectivity index (χ4n) is 2.86. The molecule has 5 heteroatoms. The molecule has 1 N–H and O–H groups in total. The molecule has 0 aromatic carbocycles. The van der Waals surface area contributed by atoms with Crippen molar-refractivity contribution in [3.8, 4) is 0 Å². The molecule has 1 spiro atoms. The van der Waals surface area contributed by atoms with Gasteiger partial charge in [0, 0.05) is 24.9 Å². The average molecular weight is 268 g/mol. The van der Waals surface area contributed by atoms with Crippen molar-refractivity contribution in [3.05, 3.63) is 0 Å². The van der Waals surface area contributed by atoms with Crippen molar-refractivity contribution < 1.29 is 14.3 Å². The van der Waals surface area contributed by atoms with Gasteiger partial charge in [-0.15, -0.1) is 0 Å². The summed E-state index contributed by atoms with van der Waals surface area (Å²) in [6, 6.07) is 0. The summed E-state index contributed by atoms with van der Waals surface area (Å²) in [5, 5.41) is 3.27. The first-order valence-electron chi connectivity index (χ1n) is 7.04. The highest BCUT2D eigenvalue weighted by molar-refractivity contribution is 5.87. The standard InChI is InChI=1S/C14H24N2O3/c1-13(2,3)19-12(18)16-9-4-11(17)14(10-16)5-7-15-8-6-14/h15H,4-10H2,1-3H3. The molecule has 2 saturated heterocycles. The van der Waals surface area contributed by atoms with Crippen LogP contribution in [0.2, 0.25) is 0 Å². The summed E-state index contributed by atoms with van der Waals surface area (Å²) in [5.41, 5.74) is -0.819. The van der Waals surface area contributed by atoms with Gasteiger partial charge in [-0.1, -0.05) is 0 Å². The molecular weight excluding hydrogens is 244 g/mol. The van der Waals surface area contributed by atoms with Gasteiger partial charge in [0.05, 0.1) is 0 Å². The Balaban J connectivity index is 2.04. The van der Waals surface area contributed by atoms with Crippen LogP contribution in [0.4, 0.5) is 4.79 Å². The maximum atomic E-state index is 12.2. The van der Waals surface area contributed by atoms with E-state index < -0.39 is 5.60 Å². The van der Waals surface area contributed by atoms with E-state index in [-0.39, 0.29) is 11.5 Å². The summed E-state index contributed by atoms with van der Waals surface area (Å²) < 4.78 is 5.41. The van der Waals surface area contributed by atoms with E-state index in [0.29, 0.717) is 25.3 Å². The first-order chi connectivity index (χ1) is 8.82. The predicted octanol–water partition coefficient (Wildman–Crippen LogP) is 1.57. The lowest BCUT2D eigenvalue weighted by molar-refractivity contribution is -0.135. The third kappa shape index (κ3) is 3.26. The zero-order valence-corrected chi connectivity index (χ0v) is 12.1. The monoisotopic (exact) mass is 268 g/mol. The van der Waals surface area contributed by atoms with Crippen LogP contribution < -0.4 is 5.32 Å². The summed E-state index contributed by atoms with van der Waals surface area (Å²) in [5.74, 6) is 0.314. The normalized spacial score (nSPS) is 23.5. The Hall–Kier alpha value is -1.10. The first kappa shape index (κ1) is 14.3. The zero-order valence-electron chi connectivity index (χ0n) is 12.1. The Morgan fingerprint density at radius 1 is 1.32 bits per heavy atom. The number of Topliss-reactive ketones (excluding diaryl/α,β-unsaturated/α-hetero) is 1. The molecule has 0 aliphatic carbocycles. The lowest BCUT2D eigenvalue weighted by atomic mass is 9.72. The smallest absolute Gasteiger partial charge is 0.410 e. The minimum Gasteiger partial charge on any atom is -0.444 e. The Bertz CT molecular complexity index is 367. The Kier molecular flexibility index (Phi) is 3.85. The number of carbonyl (C=O) groups excluding carboxylic acids is 2. The number of hydrogen-bond acceptors (Lipinski definition) is 4. The molecule has 0 aromatic rings. The number of nitrogens with zero attached hydrogens (tertiary/aromatic N) is 1. The van der Waals surface area contributed by atoms with Crippen molar-refractivity contribution in [2.24, 2.45) is 5.41 Å². The summed E-state index contributed by atoms with van der Waals surface area (Å²) >= 11 is 0. The second kappa shape index (κ2) is 5.12. The predicted molar refractivity (Wildman–Crippen MR) is 72.0 cm³/mol. The molecular formula is C14H24N2O3. The van der Waals surface area contributed by atoms with E-state index in [1.165, 1.54) is 0 Å². The quantitative estimate of drug-likeness (QED) is 0.724. The van der Waals surface area contributed by atoms with Crippen molar-refractivity contribution >= 4 is 11.9 Å². The van der Waals surface area contributed by atoms with Crippen LogP contribution in [0.5, 0.6) is 0 Å². The van der Waals surface area contributed by atoms with Crippen molar-refractivity contribution in [2.45, 2.75) is 45.6 Å². The molecule has 2 heterocycles. The average Bonchev–Trinajstić information content (AvgIpc) is 2.32. The SMILES string of the molecule is CC(C)(C)OC(=O)N1CCC(=O)C2(CCNCC2)C1. The lowest BCUT2D eigenvalue weighted by Crippen LogP contribution is -2.55. The van der Waals surface area contributed by atoms with Gasteiger partial charge in [0.1, 0.15) is 11.4 Å². The summed E-state index contributed by atoms with van der Waals surface area (Å²) in [6.45, 7) is 8.30. The van der Waals surface area contributed by atoms with Gasteiger partial charge >= 0.3 is 6.09 Å². The van der Waals surface area contributed by atoms with E-state index in [9.17, 15) is 9.59 Å². The van der Waals surface area contributed by atoms with Gasteiger partial charge in [-0.3, -0.25) is 4.79 Å². The molecule has 108 valence electrons. The van der Waals surface area contributed by atoms with Crippen LogP contribution in [0, 0.1) is 5.41 Å². The molecule has 0 radical (unpaired) electrons. The fraction of sp³-hybridized carbons (Fsp3) is 0.857. The van der Waals surface area contributed by atoms with Crippen molar-refractivity contribution in [3.63, 3.8) is 0 Å². The minimum atomic E-state index is -0.486. The van der Waals surface area contributed by atoms with Gasteiger partial charge in [0.2, 0.25) is 0 Å². The van der Waals surface area contributed by atoms with Gasteiger partial charge in [-0.2, -0.15) is 0 Å². The summed E-state index contributed by atoms with van der Waals surface area (Å²) in [6.07, 6.45) is 1.81. The van der Waals surface area contributed by atoms with Crippen LogP contribution in [0.1, 0.15) is 40.0 Å². The largest absolute Gasteiger partial charge is 0.444 e. The summed E-state index contributed by atoms with van der Waals surface area (Å²) in [7, 11) is 0. The van der Waals surface area contributed by atoms with Gasteiger partial charge in [0.15, 0.2) is 0 Å². The number of piperidine rings is 2. The highest BCUT2D eigenvalue weighted by Gasteiger charge is 2.45. The van der Waals surface area contributed by atoms with Crippen LogP contribution in [-0.2, 0) is 9.53 Å². The Morgan fingerprint density at radius 2 is 1.95 bits per heavy atom. The molecule has 1 amide bonds. The minimum absolute atomic E-state index is 0.294. The second-order valence-electron chi connectivity index (χ2n) is 6.61. The number of ketones is 1. The maximum Gasteiger partial charge on any atom is 0.410 e. The number of ether oxygens (including phenoxy) is 1. The number of nitrogens with one attached hydrogen (secondary N) is 1. The van der Waals surface area contributed by atoms with Crippen LogP contribution in [0.3, 0.4) is 0 Å². The van der Waals surface area contributed by atoms with Gasteiger partial charge in [-0.05, 0) is 46.7 Å². The summed E-state index contributed by atoms with van der Waals surface area (Å²) in [4.78, 5) is 26.0. The molecule has 0 saturated carbocycles. The van der Waals surface area contributed by atoms with Crippen LogP contribution in [0.15, 0.2) is 0 Å². The van der Waals surface area contributed by atoms with Crippen molar-refractivity contribution in [1.82, 2.24) is 10.2 Å². The number of carbonyl (C=O) groups is 2. The fourth-order valence-corrected chi connectivity index (χ4v) is 2.86. The number of likely N-dealkylation sites (tertiary alicyclic amines) is 1. The van der Waals surface area contributed by atoms with E-state index in [0.717, 1.165) is 25.9 Å². The second-order valence-corrected chi connectivity index (χ2v) is 6.61. The molecule has 2 aliphatic heterocycles. The van der Waals surface area contributed by atoms with E-state index in [2.05, 4.69) is 5.32 Å². The number of rotatable bonds is 0. The van der Waals surface area contributed by atoms with Gasteiger partial charge in [0.25, 0.3) is 0 Å². The maximum absolute atomic E-state index is 12.2. The van der Waals surface area contributed by atoms with E-state index in [1.807, 2.05) is 20.8 Å². The van der Waals surface area contributed by atoms with E-state index in [1.54, 1.807) is 4.90 Å². The molecule has 19 heavy (non-hydrogen) atoms. The lowest BCUT2D eigenvalue weighted by Gasteiger charge is -2.43. The molecule has 2 aliphatic rings. The topological polar surface area (TPSA) is 58.6 Å². The highest BCUT2D eigenvalue weighted by Crippen LogP contribution is 2.35. The molecule has 5 nitrogen and oxygen atoms in total. The van der Waals surface area contributed by atoms with E-state index in [4.69, 9.17) is 4.74 Å². The van der Waals surface area contributed by atoms with Crippen LogP contribution in [0.25, 0.3) is 0 Å². The molecule has 0 bridgehead atoms. The third-order valence-corrected chi connectivity index (χ3v) is 3.91. The highest BCUT2D eigenvalue weighted by atomic mass is 16.6. The zero-order chi connectivity index (χ0) is 14.1. The van der Waals surface area contributed by atoms with Gasteiger partial charge in [-0.25, -0.2) is 4.79 Å². The number of amides is 1. The molecule has 2 rings (SSSR count). The molecule has 0 atom stereocenters. The van der Waals surface area contributed by atoms with Crippen LogP contribution in [-0.4, -0.2) is 48.6 Å². The molecule has 2 fully saturated rings. The van der Waals surface area contributed by atoms with Crippen molar-refractivity contribution in [1.29, 1.82) is 0 Å².